The van der Waals surface area contributed by atoms with Crippen molar-refractivity contribution < 1.29 is 0 Å². The maximum Gasteiger partial charge on any atom is 0.191 e. The van der Waals surface area contributed by atoms with Gasteiger partial charge in [-0.2, -0.15) is 0 Å². The quantitative estimate of drug-likeness (QED) is 0.432. The number of halogens is 2. The molecule has 1 aromatic heterocycles. The van der Waals surface area contributed by atoms with Crippen molar-refractivity contribution in [2.75, 3.05) is 31.1 Å². The van der Waals surface area contributed by atoms with E-state index in [4.69, 9.17) is 17.3 Å². The fraction of sp³-hybridized carbons (Fsp3) is 0.333. The van der Waals surface area contributed by atoms with E-state index >= 15 is 0 Å². The van der Waals surface area contributed by atoms with E-state index in [1.54, 1.807) is 11.3 Å². The first-order valence-electron chi connectivity index (χ1n) is 7.16. The number of guanidine groups is 1. The van der Waals surface area contributed by atoms with Crippen LogP contribution in [0, 0.1) is 0 Å². The molecule has 0 amide bonds. The highest BCUT2D eigenvalue weighted by molar-refractivity contribution is 14.0. The van der Waals surface area contributed by atoms with Crippen LogP contribution >= 0.6 is 46.9 Å². The van der Waals surface area contributed by atoms with Gasteiger partial charge in [-0.3, -0.25) is 0 Å². The van der Waals surface area contributed by atoms with Crippen LogP contribution in [0.25, 0.3) is 0 Å². The molecule has 23 heavy (non-hydrogen) atoms. The summed E-state index contributed by atoms with van der Waals surface area (Å²) in [7, 11) is 0. The number of aromatic nitrogens is 1. The maximum absolute atomic E-state index is 6.11. The highest BCUT2D eigenvalue weighted by Crippen LogP contribution is 2.18. The van der Waals surface area contributed by atoms with Crippen molar-refractivity contribution in [1.82, 2.24) is 9.88 Å². The fourth-order valence-corrected chi connectivity index (χ4v) is 3.32. The minimum atomic E-state index is 0. The average Bonchev–Trinajstić information content (AvgIpc) is 3.07. The van der Waals surface area contributed by atoms with Crippen molar-refractivity contribution >= 4 is 58.0 Å². The lowest BCUT2D eigenvalue weighted by Gasteiger charge is -2.35. The Morgan fingerprint density at radius 3 is 2.74 bits per heavy atom. The third kappa shape index (κ3) is 4.95. The SMILES string of the molecule is I.NC(=NCc1cccc(Cl)c1)N1CCN(c2nccs2)CC1. The normalized spacial score (nSPS) is 15.4. The second-order valence-corrected chi connectivity index (χ2v) is 6.40. The molecule has 1 fully saturated rings. The Hall–Kier alpha value is -1.06. The number of aliphatic imine (C=N–C) groups is 1. The van der Waals surface area contributed by atoms with Gasteiger partial charge in [0, 0.05) is 42.8 Å². The summed E-state index contributed by atoms with van der Waals surface area (Å²) >= 11 is 7.64. The molecule has 124 valence electrons. The van der Waals surface area contributed by atoms with Crippen LogP contribution in [-0.4, -0.2) is 42.0 Å². The number of nitrogens with two attached hydrogens (primary N) is 1. The average molecular weight is 464 g/mol. The van der Waals surface area contributed by atoms with Crippen LogP contribution in [0.2, 0.25) is 5.02 Å². The molecule has 1 aliphatic heterocycles. The lowest BCUT2D eigenvalue weighted by Crippen LogP contribution is -2.51. The van der Waals surface area contributed by atoms with E-state index in [9.17, 15) is 0 Å². The van der Waals surface area contributed by atoms with Gasteiger partial charge >= 0.3 is 0 Å². The second-order valence-electron chi connectivity index (χ2n) is 5.09. The summed E-state index contributed by atoms with van der Waals surface area (Å²) in [4.78, 5) is 13.2. The van der Waals surface area contributed by atoms with Crippen LogP contribution < -0.4 is 10.6 Å². The number of piperazine rings is 1. The van der Waals surface area contributed by atoms with Crippen molar-refractivity contribution in [2.24, 2.45) is 10.7 Å². The molecule has 0 saturated carbocycles. The van der Waals surface area contributed by atoms with Crippen LogP contribution in [0.1, 0.15) is 5.56 Å². The zero-order valence-corrected chi connectivity index (χ0v) is 16.5. The Morgan fingerprint density at radius 1 is 1.30 bits per heavy atom. The summed E-state index contributed by atoms with van der Waals surface area (Å²) in [5.74, 6) is 0.596. The molecule has 0 radical (unpaired) electrons. The molecule has 2 N–H and O–H groups in total. The van der Waals surface area contributed by atoms with E-state index in [-0.39, 0.29) is 24.0 Å². The van der Waals surface area contributed by atoms with Crippen molar-refractivity contribution in [1.29, 1.82) is 0 Å². The number of thiazole rings is 1. The molecule has 0 aliphatic carbocycles. The zero-order valence-electron chi connectivity index (χ0n) is 12.6. The number of rotatable bonds is 3. The van der Waals surface area contributed by atoms with Crippen LogP contribution in [0.5, 0.6) is 0 Å². The molecule has 0 bridgehead atoms. The standard InChI is InChI=1S/C15H18ClN5S.HI/c16-13-3-1-2-12(10-13)11-19-14(17)20-5-7-21(8-6-20)15-18-4-9-22-15;/h1-4,9-10H,5-8,11H2,(H2,17,19);1H. The molecule has 0 unspecified atom stereocenters. The van der Waals surface area contributed by atoms with Crippen LogP contribution in [0.4, 0.5) is 5.13 Å². The fourth-order valence-electron chi connectivity index (χ4n) is 2.41. The van der Waals surface area contributed by atoms with E-state index in [1.165, 1.54) is 0 Å². The Kier molecular flexibility index (Phi) is 6.91. The molecule has 2 aromatic rings. The molecule has 8 heteroatoms. The third-order valence-corrected chi connectivity index (χ3v) is 4.67. The summed E-state index contributed by atoms with van der Waals surface area (Å²) in [5, 5.41) is 3.81. The molecule has 0 atom stereocenters. The van der Waals surface area contributed by atoms with Gasteiger partial charge < -0.3 is 15.5 Å². The van der Waals surface area contributed by atoms with Gasteiger partial charge in [-0.05, 0) is 17.7 Å². The predicted molar refractivity (Wildman–Crippen MR) is 108 cm³/mol. The van der Waals surface area contributed by atoms with Crippen LogP contribution in [0.15, 0.2) is 40.8 Å². The molecular formula is C15H19ClIN5S. The van der Waals surface area contributed by atoms with Gasteiger partial charge in [0.25, 0.3) is 0 Å². The summed E-state index contributed by atoms with van der Waals surface area (Å²) in [5.41, 5.74) is 7.18. The lowest BCUT2D eigenvalue weighted by molar-refractivity contribution is 0.380. The number of benzene rings is 1. The van der Waals surface area contributed by atoms with E-state index < -0.39 is 0 Å². The Balaban J connectivity index is 0.00000192. The van der Waals surface area contributed by atoms with Crippen molar-refractivity contribution in [3.05, 3.63) is 46.4 Å². The molecular weight excluding hydrogens is 445 g/mol. The molecule has 2 heterocycles. The number of nitrogens with zero attached hydrogens (tertiary/aromatic N) is 4. The molecule has 1 aliphatic rings. The van der Waals surface area contributed by atoms with Crippen LogP contribution in [0.3, 0.4) is 0 Å². The second kappa shape index (κ2) is 8.70. The van der Waals surface area contributed by atoms with E-state index in [0.29, 0.717) is 12.5 Å². The highest BCUT2D eigenvalue weighted by Gasteiger charge is 2.19. The lowest BCUT2D eigenvalue weighted by atomic mass is 10.2. The molecule has 3 rings (SSSR count). The van der Waals surface area contributed by atoms with E-state index in [1.807, 2.05) is 35.8 Å². The first kappa shape index (κ1) is 18.3. The molecule has 5 nitrogen and oxygen atoms in total. The largest absolute Gasteiger partial charge is 0.370 e. The summed E-state index contributed by atoms with van der Waals surface area (Å²) in [6.07, 6.45) is 1.84. The maximum atomic E-state index is 6.11. The summed E-state index contributed by atoms with van der Waals surface area (Å²) in [6.45, 7) is 4.12. The van der Waals surface area contributed by atoms with Gasteiger partial charge in [-0.25, -0.2) is 9.98 Å². The smallest absolute Gasteiger partial charge is 0.191 e. The molecule has 1 saturated heterocycles. The Bertz CT molecular complexity index is 641. The Morgan fingerprint density at radius 2 is 2.09 bits per heavy atom. The van der Waals surface area contributed by atoms with Gasteiger partial charge in [0.1, 0.15) is 0 Å². The highest BCUT2D eigenvalue weighted by atomic mass is 127. The van der Waals surface area contributed by atoms with Gasteiger partial charge in [-0.1, -0.05) is 23.7 Å². The third-order valence-electron chi connectivity index (χ3n) is 3.61. The summed E-state index contributed by atoms with van der Waals surface area (Å²) < 4.78 is 0. The number of hydrogen-bond acceptors (Lipinski definition) is 4. The van der Waals surface area contributed by atoms with E-state index in [2.05, 4.69) is 19.8 Å². The first-order valence-corrected chi connectivity index (χ1v) is 8.42. The minimum absolute atomic E-state index is 0. The van der Waals surface area contributed by atoms with E-state index in [0.717, 1.165) is 41.9 Å². The van der Waals surface area contributed by atoms with Crippen LogP contribution in [-0.2, 0) is 6.54 Å². The minimum Gasteiger partial charge on any atom is -0.370 e. The monoisotopic (exact) mass is 463 g/mol. The van der Waals surface area contributed by atoms with Gasteiger partial charge in [-0.15, -0.1) is 35.3 Å². The van der Waals surface area contributed by atoms with Crippen molar-refractivity contribution in [3.8, 4) is 0 Å². The number of anilines is 1. The van der Waals surface area contributed by atoms with Gasteiger partial charge in [0.05, 0.1) is 6.54 Å². The topological polar surface area (TPSA) is 57.8 Å². The van der Waals surface area contributed by atoms with Gasteiger partial charge in [0.2, 0.25) is 0 Å². The molecule has 1 aromatic carbocycles. The van der Waals surface area contributed by atoms with Crippen molar-refractivity contribution in [2.45, 2.75) is 6.54 Å². The predicted octanol–water partition coefficient (Wildman–Crippen LogP) is 3.05. The van der Waals surface area contributed by atoms with Gasteiger partial charge in [0.15, 0.2) is 11.1 Å². The molecule has 0 spiro atoms. The Labute approximate surface area is 162 Å². The van der Waals surface area contributed by atoms with Crippen molar-refractivity contribution in [3.63, 3.8) is 0 Å². The summed E-state index contributed by atoms with van der Waals surface area (Å²) in [6, 6.07) is 7.70. The zero-order chi connectivity index (χ0) is 15.4. The first-order chi connectivity index (χ1) is 10.7. The number of hydrogen-bond donors (Lipinski definition) is 1.